The molecule has 92 valence electrons. The van der Waals surface area contributed by atoms with E-state index in [1.807, 2.05) is 0 Å². The Morgan fingerprint density at radius 2 is 1.73 bits per heavy atom. The minimum absolute atomic E-state index is 0.250. The minimum atomic E-state index is 0.250. The molecular weight excluding hydrogens is 186 g/mol. The van der Waals surface area contributed by atoms with Crippen LogP contribution in [-0.4, -0.2) is 24.8 Å². The van der Waals surface area contributed by atoms with Crippen LogP contribution in [0.2, 0.25) is 0 Å². The second-order valence-corrected chi connectivity index (χ2v) is 4.76. The van der Waals surface area contributed by atoms with Crippen molar-refractivity contribution < 1.29 is 5.11 Å². The Morgan fingerprint density at radius 3 is 2.20 bits per heavy atom. The van der Waals surface area contributed by atoms with Crippen molar-refractivity contribution in [3.05, 3.63) is 0 Å². The molecule has 2 heteroatoms. The van der Waals surface area contributed by atoms with Gasteiger partial charge in [-0.15, -0.1) is 0 Å². The molecule has 0 bridgehead atoms. The summed E-state index contributed by atoms with van der Waals surface area (Å²) in [5, 5.41) is 11.0. The van der Waals surface area contributed by atoms with Crippen molar-refractivity contribution in [3.63, 3.8) is 0 Å². The number of hydrogen-bond acceptors (Lipinski definition) is 2. The summed E-state index contributed by atoms with van der Waals surface area (Å²) >= 11 is 0. The van der Waals surface area contributed by atoms with Gasteiger partial charge in [-0.2, -0.15) is 0 Å². The van der Waals surface area contributed by atoms with Gasteiger partial charge in [0.15, 0.2) is 0 Å². The molecule has 2 nitrogen and oxygen atoms in total. The second-order valence-electron chi connectivity index (χ2n) is 4.76. The Hall–Kier alpha value is -0.0800. The molecule has 1 aliphatic rings. The maximum absolute atomic E-state index is 7.57. The zero-order valence-corrected chi connectivity index (χ0v) is 10.9. The van der Waals surface area contributed by atoms with E-state index in [1.54, 1.807) is 6.92 Å². The lowest BCUT2D eigenvalue weighted by Crippen LogP contribution is -2.35. The van der Waals surface area contributed by atoms with Crippen LogP contribution >= 0.6 is 0 Å². The van der Waals surface area contributed by atoms with Gasteiger partial charge in [0.05, 0.1) is 0 Å². The van der Waals surface area contributed by atoms with Crippen LogP contribution in [0.4, 0.5) is 0 Å². The first-order valence-corrected chi connectivity index (χ1v) is 6.45. The number of aliphatic hydroxyl groups is 1. The monoisotopic (exact) mass is 215 g/mol. The summed E-state index contributed by atoms with van der Waals surface area (Å²) in [6, 6.07) is 0.785. The first-order chi connectivity index (χ1) is 7.17. The molecule has 0 aromatic heterocycles. The lowest BCUT2D eigenvalue weighted by molar-refractivity contribution is 0.272. The molecule has 0 aromatic rings. The maximum atomic E-state index is 7.57. The van der Waals surface area contributed by atoms with Crippen molar-refractivity contribution in [2.75, 3.05) is 13.7 Å². The van der Waals surface area contributed by atoms with Crippen LogP contribution in [0.5, 0.6) is 0 Å². The average Bonchev–Trinajstić information content (AvgIpc) is 2.43. The average molecular weight is 215 g/mol. The van der Waals surface area contributed by atoms with Gasteiger partial charge in [-0.25, -0.2) is 0 Å². The van der Waals surface area contributed by atoms with Gasteiger partial charge in [0, 0.05) is 12.6 Å². The normalized spacial score (nSPS) is 26.8. The van der Waals surface area contributed by atoms with Gasteiger partial charge in [-0.3, -0.25) is 0 Å². The predicted octanol–water partition coefficient (Wildman–Crippen LogP) is 2.81. The third-order valence-corrected chi connectivity index (χ3v) is 3.30. The predicted molar refractivity (Wildman–Crippen MR) is 67.0 cm³/mol. The summed E-state index contributed by atoms with van der Waals surface area (Å²) in [7, 11) is 2.12. The third kappa shape index (κ3) is 6.16. The molecule has 2 atom stereocenters. The maximum Gasteiger partial charge on any atom is 0.0402 e. The van der Waals surface area contributed by atoms with Crippen molar-refractivity contribution in [2.45, 2.75) is 58.9 Å². The summed E-state index contributed by atoms with van der Waals surface area (Å²) in [5.74, 6) is 1.76. The van der Waals surface area contributed by atoms with Gasteiger partial charge in [0.2, 0.25) is 0 Å². The third-order valence-electron chi connectivity index (χ3n) is 3.30. The Bertz CT molecular complexity index is 136. The van der Waals surface area contributed by atoms with Gasteiger partial charge < -0.3 is 10.4 Å². The minimum Gasteiger partial charge on any atom is -0.397 e. The summed E-state index contributed by atoms with van der Waals surface area (Å²) in [4.78, 5) is 0. The summed E-state index contributed by atoms with van der Waals surface area (Å²) in [6.07, 6.45) is 7.14. The molecule has 0 spiro atoms. The Morgan fingerprint density at radius 1 is 1.20 bits per heavy atom. The highest BCUT2D eigenvalue weighted by Crippen LogP contribution is 2.28. The molecule has 0 heterocycles. The van der Waals surface area contributed by atoms with Crippen molar-refractivity contribution in [1.82, 2.24) is 5.32 Å². The Kier molecular flexibility index (Phi) is 9.12. The van der Waals surface area contributed by atoms with Gasteiger partial charge in [-0.05, 0) is 38.6 Å². The van der Waals surface area contributed by atoms with E-state index in [9.17, 15) is 0 Å². The van der Waals surface area contributed by atoms with E-state index in [4.69, 9.17) is 5.11 Å². The molecule has 0 amide bonds. The number of aliphatic hydroxyl groups excluding tert-OH is 1. The van der Waals surface area contributed by atoms with E-state index in [0.29, 0.717) is 0 Å². The van der Waals surface area contributed by atoms with E-state index in [1.165, 1.54) is 32.1 Å². The molecule has 0 aromatic carbocycles. The second kappa shape index (κ2) is 9.17. The van der Waals surface area contributed by atoms with E-state index >= 15 is 0 Å². The molecular formula is C13H29NO. The quantitative estimate of drug-likeness (QED) is 0.694. The fraction of sp³-hybridized carbons (Fsp3) is 1.00. The zero-order chi connectivity index (χ0) is 11.7. The van der Waals surface area contributed by atoms with Crippen LogP contribution in [0.15, 0.2) is 0 Å². The molecule has 2 unspecified atom stereocenters. The lowest BCUT2D eigenvalue weighted by atomic mass is 9.85. The van der Waals surface area contributed by atoms with Gasteiger partial charge in [0.1, 0.15) is 0 Å². The fourth-order valence-corrected chi connectivity index (χ4v) is 2.49. The van der Waals surface area contributed by atoms with Gasteiger partial charge in [0.25, 0.3) is 0 Å². The smallest absolute Gasteiger partial charge is 0.0402 e. The first-order valence-electron chi connectivity index (χ1n) is 6.45. The van der Waals surface area contributed by atoms with Crippen molar-refractivity contribution in [1.29, 1.82) is 0 Å². The van der Waals surface area contributed by atoms with Crippen LogP contribution in [0.25, 0.3) is 0 Å². The first kappa shape index (κ1) is 14.9. The molecule has 1 fully saturated rings. The molecule has 0 aliphatic heterocycles. The largest absolute Gasteiger partial charge is 0.397 e. The van der Waals surface area contributed by atoms with Crippen LogP contribution < -0.4 is 5.32 Å². The highest BCUT2D eigenvalue weighted by molar-refractivity contribution is 4.80. The molecule has 0 radical (unpaired) electrons. The van der Waals surface area contributed by atoms with Gasteiger partial charge in [-0.1, -0.05) is 33.1 Å². The molecule has 1 aliphatic carbocycles. The highest BCUT2D eigenvalue weighted by Gasteiger charge is 2.24. The topological polar surface area (TPSA) is 32.3 Å². The zero-order valence-electron chi connectivity index (χ0n) is 10.9. The Labute approximate surface area is 95.5 Å². The van der Waals surface area contributed by atoms with Crippen LogP contribution in [0, 0.1) is 11.8 Å². The Balaban J connectivity index is 0.000000583. The van der Waals surface area contributed by atoms with E-state index in [0.717, 1.165) is 17.9 Å². The van der Waals surface area contributed by atoms with Crippen LogP contribution in [0.3, 0.4) is 0 Å². The standard InChI is InChI=1S/C11H23N.C2H6O/c1-9(2)10-7-5-4-6-8-11(10)12-3;1-2-3/h9-12H,4-8H2,1-3H3;3H,2H2,1H3. The number of rotatable bonds is 2. The van der Waals surface area contributed by atoms with Crippen molar-refractivity contribution >= 4 is 0 Å². The van der Waals surface area contributed by atoms with Crippen molar-refractivity contribution in [2.24, 2.45) is 11.8 Å². The number of hydrogen-bond donors (Lipinski definition) is 2. The summed E-state index contributed by atoms with van der Waals surface area (Å²) in [6.45, 7) is 6.65. The molecule has 15 heavy (non-hydrogen) atoms. The number of nitrogens with one attached hydrogen (secondary N) is 1. The fourth-order valence-electron chi connectivity index (χ4n) is 2.49. The molecule has 1 saturated carbocycles. The molecule has 0 saturated heterocycles. The molecule has 1 rings (SSSR count). The van der Waals surface area contributed by atoms with E-state index < -0.39 is 0 Å². The van der Waals surface area contributed by atoms with Gasteiger partial charge >= 0.3 is 0 Å². The van der Waals surface area contributed by atoms with E-state index in [2.05, 4.69) is 26.2 Å². The molecule has 2 N–H and O–H groups in total. The lowest BCUT2D eigenvalue weighted by Gasteiger charge is -2.27. The van der Waals surface area contributed by atoms with Crippen LogP contribution in [-0.2, 0) is 0 Å². The van der Waals surface area contributed by atoms with Crippen molar-refractivity contribution in [3.8, 4) is 0 Å². The van der Waals surface area contributed by atoms with Crippen LogP contribution in [0.1, 0.15) is 52.9 Å². The SMILES string of the molecule is CCO.CNC1CCCCCC1C(C)C. The summed E-state index contributed by atoms with van der Waals surface area (Å²) in [5.41, 5.74) is 0. The summed E-state index contributed by atoms with van der Waals surface area (Å²) < 4.78 is 0. The highest BCUT2D eigenvalue weighted by atomic mass is 16.2. The van der Waals surface area contributed by atoms with E-state index in [-0.39, 0.29) is 6.61 Å².